The Hall–Kier alpha value is -1.75. The molecule has 0 spiro atoms. The third-order valence-corrected chi connectivity index (χ3v) is 3.00. The van der Waals surface area contributed by atoms with E-state index in [0.717, 1.165) is 0 Å². The predicted octanol–water partition coefficient (Wildman–Crippen LogP) is 4.27. The van der Waals surface area contributed by atoms with Gasteiger partial charge in [0.05, 0.1) is 6.42 Å². The van der Waals surface area contributed by atoms with Crippen molar-refractivity contribution < 1.29 is 19.4 Å². The zero-order chi connectivity index (χ0) is 16.2. The fourth-order valence-electron chi connectivity index (χ4n) is 1.79. The molecule has 0 aromatic heterocycles. The van der Waals surface area contributed by atoms with Crippen LogP contribution >= 0.6 is 11.6 Å². The van der Waals surface area contributed by atoms with Gasteiger partial charge in [-0.2, -0.15) is 0 Å². The normalized spacial score (nSPS) is 12.6. The Balaban J connectivity index is 2.86. The molecule has 1 aromatic carbocycles. The Morgan fingerprint density at radius 3 is 2.52 bits per heavy atom. The number of nitrogens with one attached hydrogen (secondary N) is 1. The van der Waals surface area contributed by atoms with E-state index in [4.69, 9.17) is 21.4 Å². The minimum absolute atomic E-state index is 0.0321. The molecule has 0 heterocycles. The second-order valence-electron chi connectivity index (χ2n) is 5.86. The molecule has 0 fully saturated rings. The van der Waals surface area contributed by atoms with Crippen molar-refractivity contribution in [1.82, 2.24) is 0 Å². The molecule has 0 aliphatic rings. The van der Waals surface area contributed by atoms with Crippen LogP contribution < -0.4 is 5.32 Å². The summed E-state index contributed by atoms with van der Waals surface area (Å²) < 4.78 is 5.16. The fraction of sp³-hybridized carbons (Fsp3) is 0.467. The van der Waals surface area contributed by atoms with Gasteiger partial charge in [0.25, 0.3) is 0 Å². The minimum Gasteiger partial charge on any atom is -0.481 e. The van der Waals surface area contributed by atoms with E-state index in [0.29, 0.717) is 16.3 Å². The van der Waals surface area contributed by atoms with Crippen molar-refractivity contribution in [2.24, 2.45) is 0 Å². The number of anilines is 1. The Bertz CT molecular complexity index is 537. The number of aliphatic carboxylic acids is 1. The zero-order valence-electron chi connectivity index (χ0n) is 12.6. The van der Waals surface area contributed by atoms with Crippen molar-refractivity contribution >= 4 is 29.4 Å². The highest BCUT2D eigenvalue weighted by molar-refractivity contribution is 6.31. The van der Waals surface area contributed by atoms with Crippen molar-refractivity contribution in [2.45, 2.75) is 45.6 Å². The van der Waals surface area contributed by atoms with Crippen molar-refractivity contribution in [3.8, 4) is 0 Å². The van der Waals surface area contributed by atoms with Gasteiger partial charge < -0.3 is 9.84 Å². The summed E-state index contributed by atoms with van der Waals surface area (Å²) in [5.41, 5.74) is 0.601. The number of carboxylic acid groups (broad SMARTS) is 1. The van der Waals surface area contributed by atoms with Crippen LogP contribution in [0.1, 0.15) is 45.6 Å². The number of ether oxygens (including phenoxy) is 1. The van der Waals surface area contributed by atoms with Crippen molar-refractivity contribution in [3.05, 3.63) is 28.8 Å². The van der Waals surface area contributed by atoms with Gasteiger partial charge in [-0.15, -0.1) is 0 Å². The maximum atomic E-state index is 11.7. The second-order valence-corrected chi connectivity index (χ2v) is 6.27. The number of carbonyl (C=O) groups excluding carboxylic acids is 1. The highest BCUT2D eigenvalue weighted by Crippen LogP contribution is 2.29. The maximum Gasteiger partial charge on any atom is 0.412 e. The number of rotatable bonds is 4. The third-order valence-electron chi connectivity index (χ3n) is 2.65. The SMILES string of the molecule is CC(CC(=O)O)c1cc(NC(=O)OC(C)(C)C)ccc1Cl. The predicted molar refractivity (Wildman–Crippen MR) is 82.0 cm³/mol. The summed E-state index contributed by atoms with van der Waals surface area (Å²) in [6.45, 7) is 7.09. The monoisotopic (exact) mass is 313 g/mol. The second kappa shape index (κ2) is 6.80. The first-order chi connectivity index (χ1) is 9.58. The molecular weight excluding hydrogens is 294 g/mol. The summed E-state index contributed by atoms with van der Waals surface area (Å²) in [5.74, 6) is -1.15. The Morgan fingerprint density at radius 2 is 2.00 bits per heavy atom. The van der Waals surface area contributed by atoms with Gasteiger partial charge in [0, 0.05) is 10.7 Å². The number of hydrogen-bond donors (Lipinski definition) is 2. The van der Waals surface area contributed by atoms with E-state index in [9.17, 15) is 9.59 Å². The van der Waals surface area contributed by atoms with Crippen molar-refractivity contribution in [3.63, 3.8) is 0 Å². The quantitative estimate of drug-likeness (QED) is 0.870. The van der Waals surface area contributed by atoms with E-state index < -0.39 is 17.7 Å². The van der Waals surface area contributed by atoms with E-state index in [2.05, 4.69) is 5.32 Å². The topological polar surface area (TPSA) is 75.6 Å². The molecule has 1 unspecified atom stereocenters. The molecule has 5 nitrogen and oxygen atoms in total. The molecular formula is C15H20ClNO4. The molecule has 1 aromatic rings. The molecule has 0 radical (unpaired) electrons. The Kier molecular flexibility index (Phi) is 5.61. The highest BCUT2D eigenvalue weighted by Gasteiger charge is 2.18. The Morgan fingerprint density at radius 1 is 1.38 bits per heavy atom. The van der Waals surface area contributed by atoms with E-state index in [1.807, 2.05) is 0 Å². The number of benzene rings is 1. The van der Waals surface area contributed by atoms with Gasteiger partial charge in [0.15, 0.2) is 0 Å². The van der Waals surface area contributed by atoms with E-state index in [1.54, 1.807) is 45.9 Å². The van der Waals surface area contributed by atoms with E-state index in [1.165, 1.54) is 0 Å². The van der Waals surface area contributed by atoms with Gasteiger partial charge in [0.1, 0.15) is 5.60 Å². The molecule has 6 heteroatoms. The molecule has 0 aliphatic carbocycles. The molecule has 1 atom stereocenters. The van der Waals surface area contributed by atoms with Crippen LogP contribution in [0.4, 0.5) is 10.5 Å². The molecule has 0 saturated heterocycles. The fourth-order valence-corrected chi connectivity index (χ4v) is 2.10. The van der Waals surface area contributed by atoms with Gasteiger partial charge in [0.2, 0.25) is 0 Å². The van der Waals surface area contributed by atoms with Gasteiger partial charge in [-0.05, 0) is 50.5 Å². The van der Waals surface area contributed by atoms with Crippen LogP contribution in [0, 0.1) is 0 Å². The first kappa shape index (κ1) is 17.3. The van der Waals surface area contributed by atoms with Gasteiger partial charge in [-0.25, -0.2) is 4.79 Å². The van der Waals surface area contributed by atoms with E-state index in [-0.39, 0.29) is 12.3 Å². The minimum atomic E-state index is -0.899. The van der Waals surface area contributed by atoms with Gasteiger partial charge in [-0.3, -0.25) is 10.1 Å². The number of halogens is 1. The van der Waals surface area contributed by atoms with Crippen LogP contribution in [0.3, 0.4) is 0 Å². The van der Waals surface area contributed by atoms with Crippen LogP contribution in [-0.2, 0) is 9.53 Å². The molecule has 0 aliphatic heterocycles. The van der Waals surface area contributed by atoms with Crippen molar-refractivity contribution in [1.29, 1.82) is 0 Å². The van der Waals surface area contributed by atoms with Crippen LogP contribution in [0.5, 0.6) is 0 Å². The number of carboxylic acids is 1. The lowest BCUT2D eigenvalue weighted by Gasteiger charge is -2.20. The third kappa shape index (κ3) is 6.04. The molecule has 21 heavy (non-hydrogen) atoms. The summed E-state index contributed by atoms with van der Waals surface area (Å²) in [5, 5.41) is 11.9. The molecule has 2 N–H and O–H groups in total. The van der Waals surface area contributed by atoms with Crippen LogP contribution in [0.25, 0.3) is 0 Å². The number of carbonyl (C=O) groups is 2. The van der Waals surface area contributed by atoms with Gasteiger partial charge in [-0.1, -0.05) is 18.5 Å². The van der Waals surface area contributed by atoms with Crippen LogP contribution in [-0.4, -0.2) is 22.8 Å². The average molecular weight is 314 g/mol. The molecule has 1 rings (SSSR count). The average Bonchev–Trinajstić information content (AvgIpc) is 2.28. The lowest BCUT2D eigenvalue weighted by Crippen LogP contribution is -2.27. The lowest BCUT2D eigenvalue weighted by molar-refractivity contribution is -0.137. The first-order valence-electron chi connectivity index (χ1n) is 6.59. The molecule has 0 saturated carbocycles. The summed E-state index contributed by atoms with van der Waals surface area (Å²) in [7, 11) is 0. The molecule has 1 amide bonds. The van der Waals surface area contributed by atoms with Crippen LogP contribution in [0.2, 0.25) is 5.02 Å². The lowest BCUT2D eigenvalue weighted by atomic mass is 9.97. The smallest absolute Gasteiger partial charge is 0.412 e. The van der Waals surface area contributed by atoms with Crippen molar-refractivity contribution in [2.75, 3.05) is 5.32 Å². The van der Waals surface area contributed by atoms with E-state index >= 15 is 0 Å². The summed E-state index contributed by atoms with van der Waals surface area (Å²) in [4.78, 5) is 22.5. The Labute approximate surface area is 129 Å². The largest absolute Gasteiger partial charge is 0.481 e. The maximum absolute atomic E-state index is 11.7. The summed E-state index contributed by atoms with van der Waals surface area (Å²) >= 11 is 6.08. The summed E-state index contributed by atoms with van der Waals surface area (Å²) in [6, 6.07) is 4.94. The molecule has 0 bridgehead atoms. The standard InChI is InChI=1S/C15H20ClNO4/c1-9(7-13(18)19)11-8-10(5-6-12(11)16)17-14(20)21-15(2,3)4/h5-6,8-9H,7H2,1-4H3,(H,17,20)(H,18,19). The number of hydrogen-bond acceptors (Lipinski definition) is 3. The first-order valence-corrected chi connectivity index (χ1v) is 6.97. The van der Waals surface area contributed by atoms with Crippen LogP contribution in [0.15, 0.2) is 18.2 Å². The highest BCUT2D eigenvalue weighted by atomic mass is 35.5. The summed E-state index contributed by atoms with van der Waals surface area (Å²) in [6.07, 6.45) is -0.600. The molecule has 116 valence electrons. The van der Waals surface area contributed by atoms with Gasteiger partial charge >= 0.3 is 12.1 Å². The zero-order valence-corrected chi connectivity index (χ0v) is 13.3. The number of amides is 1.